The monoisotopic (exact) mass is 212 g/mol. The van der Waals surface area contributed by atoms with E-state index in [9.17, 15) is 9.90 Å². The van der Waals surface area contributed by atoms with Crippen LogP contribution in [0.25, 0.3) is 0 Å². The van der Waals surface area contributed by atoms with Gasteiger partial charge in [-0.05, 0) is 25.7 Å². The maximum atomic E-state index is 10.1. The van der Waals surface area contributed by atoms with Crippen molar-refractivity contribution in [1.29, 1.82) is 0 Å². The van der Waals surface area contributed by atoms with Gasteiger partial charge in [-0.1, -0.05) is 28.0 Å². The van der Waals surface area contributed by atoms with Crippen LogP contribution in [0.15, 0.2) is 0 Å². The second kappa shape index (κ2) is 8.11. The van der Waals surface area contributed by atoms with Crippen molar-refractivity contribution in [3.8, 4) is 0 Å². The van der Waals surface area contributed by atoms with Gasteiger partial charge in [0, 0.05) is 17.0 Å². The molecular weight excluding hydrogens is 199 g/mol. The average molecular weight is 212 g/mol. The van der Waals surface area contributed by atoms with Gasteiger partial charge in [-0.3, -0.25) is 0 Å². The second-order valence-corrected chi connectivity index (χ2v) is 5.73. The third-order valence-electron chi connectivity index (χ3n) is 1.88. The van der Waals surface area contributed by atoms with Crippen molar-refractivity contribution in [1.82, 2.24) is 0 Å². The predicted octanol–water partition coefficient (Wildman–Crippen LogP) is -1.55. The summed E-state index contributed by atoms with van der Waals surface area (Å²) < 4.78 is 0. The summed E-state index contributed by atoms with van der Waals surface area (Å²) in [6, 6.07) is 0. The Morgan fingerprint density at radius 2 is 2.23 bits per heavy atom. The summed E-state index contributed by atoms with van der Waals surface area (Å²) in [4.78, 5) is 10.1. The first kappa shape index (κ1) is 13.8. The minimum atomic E-state index is -0.913. The summed E-state index contributed by atoms with van der Waals surface area (Å²) >= 11 is 0. The van der Waals surface area contributed by atoms with Crippen LogP contribution in [-0.2, 0) is 4.79 Å². The van der Waals surface area contributed by atoms with Gasteiger partial charge in [0.2, 0.25) is 0 Å². The van der Waals surface area contributed by atoms with Crippen molar-refractivity contribution < 1.29 is 28.8 Å². The SMILES string of the molecule is O=C([O-])CCCC[C@H]1CCSS1.[Li+]. The largest absolute Gasteiger partial charge is 1.00 e. The van der Waals surface area contributed by atoms with Gasteiger partial charge in [0.15, 0.2) is 0 Å². The molecule has 0 aliphatic carbocycles. The van der Waals surface area contributed by atoms with Crippen LogP contribution in [0, 0.1) is 0 Å². The van der Waals surface area contributed by atoms with Crippen LogP contribution in [0.3, 0.4) is 0 Å². The van der Waals surface area contributed by atoms with Gasteiger partial charge in [-0.2, -0.15) is 0 Å². The summed E-state index contributed by atoms with van der Waals surface area (Å²) in [5.74, 6) is 0.346. The molecule has 0 aromatic rings. The number of rotatable bonds is 5. The molecule has 0 N–H and O–H groups in total. The molecular formula is C8H13LiO2S2. The topological polar surface area (TPSA) is 40.1 Å². The number of unbranched alkanes of at least 4 members (excludes halogenated alkanes) is 1. The molecule has 1 atom stereocenters. The summed E-state index contributed by atoms with van der Waals surface area (Å²) in [5, 5.41) is 10.8. The number of carbonyl (C=O) groups is 1. The molecule has 70 valence electrons. The molecule has 0 radical (unpaired) electrons. The van der Waals surface area contributed by atoms with Crippen LogP contribution >= 0.6 is 21.6 Å². The molecule has 0 amide bonds. The zero-order valence-corrected chi connectivity index (χ0v) is 9.59. The van der Waals surface area contributed by atoms with E-state index in [2.05, 4.69) is 0 Å². The number of aliphatic carboxylic acids is 1. The normalized spacial score (nSPS) is 21.1. The standard InChI is InChI=1S/C8H14O2S2.Li/c9-8(10)4-2-1-3-7-5-6-11-12-7;/h7H,1-6H2,(H,9,10);/q;+1/p-1/t7-;/m0./s1. The van der Waals surface area contributed by atoms with Crippen LogP contribution in [-0.4, -0.2) is 17.0 Å². The summed E-state index contributed by atoms with van der Waals surface area (Å²) in [7, 11) is 3.89. The van der Waals surface area contributed by atoms with E-state index in [1.165, 1.54) is 18.6 Å². The fourth-order valence-corrected chi connectivity index (χ4v) is 4.23. The zero-order chi connectivity index (χ0) is 8.81. The average Bonchev–Trinajstić information content (AvgIpc) is 2.49. The van der Waals surface area contributed by atoms with Crippen LogP contribution < -0.4 is 24.0 Å². The van der Waals surface area contributed by atoms with Crippen LogP contribution in [0.4, 0.5) is 0 Å². The van der Waals surface area contributed by atoms with Gasteiger partial charge in [0.25, 0.3) is 0 Å². The number of hydrogen-bond acceptors (Lipinski definition) is 4. The number of carboxylic acids is 1. The van der Waals surface area contributed by atoms with Gasteiger partial charge in [0.05, 0.1) is 0 Å². The molecule has 1 aliphatic heterocycles. The quantitative estimate of drug-likeness (QED) is 0.314. The van der Waals surface area contributed by atoms with Gasteiger partial charge < -0.3 is 9.90 Å². The summed E-state index contributed by atoms with van der Waals surface area (Å²) in [5.41, 5.74) is 0. The van der Waals surface area contributed by atoms with E-state index in [1.54, 1.807) is 0 Å². The first-order valence-corrected chi connectivity index (χ1v) is 6.65. The zero-order valence-electron chi connectivity index (χ0n) is 7.95. The van der Waals surface area contributed by atoms with Crippen LogP contribution in [0.2, 0.25) is 0 Å². The predicted molar refractivity (Wildman–Crippen MR) is 51.9 cm³/mol. The molecule has 0 aromatic carbocycles. The number of carboxylic acid groups (broad SMARTS) is 1. The third kappa shape index (κ3) is 6.79. The van der Waals surface area contributed by atoms with Gasteiger partial charge in [-0.25, -0.2) is 0 Å². The van der Waals surface area contributed by atoms with E-state index in [4.69, 9.17) is 0 Å². The molecule has 0 bridgehead atoms. The van der Waals surface area contributed by atoms with Gasteiger partial charge in [0.1, 0.15) is 0 Å². The van der Waals surface area contributed by atoms with E-state index in [1.807, 2.05) is 21.6 Å². The maximum Gasteiger partial charge on any atom is 1.00 e. The Bertz CT molecular complexity index is 149. The van der Waals surface area contributed by atoms with Gasteiger partial charge >= 0.3 is 18.9 Å². The minimum absolute atomic E-state index is 0. The van der Waals surface area contributed by atoms with Crippen molar-refractivity contribution in [3.63, 3.8) is 0 Å². The third-order valence-corrected chi connectivity index (χ3v) is 4.89. The molecule has 1 saturated heterocycles. The summed E-state index contributed by atoms with van der Waals surface area (Å²) in [6.45, 7) is 0. The summed E-state index contributed by atoms with van der Waals surface area (Å²) in [6.07, 6.45) is 4.51. The van der Waals surface area contributed by atoms with Crippen molar-refractivity contribution in [2.75, 3.05) is 5.75 Å². The Kier molecular flexibility index (Phi) is 8.59. The van der Waals surface area contributed by atoms with Crippen molar-refractivity contribution in [2.24, 2.45) is 0 Å². The molecule has 1 heterocycles. The maximum absolute atomic E-state index is 10.1. The Balaban J connectivity index is 0.00000144. The van der Waals surface area contributed by atoms with Crippen LogP contribution in [0.5, 0.6) is 0 Å². The Morgan fingerprint density at radius 3 is 2.77 bits per heavy atom. The van der Waals surface area contributed by atoms with Crippen LogP contribution in [0.1, 0.15) is 32.1 Å². The van der Waals surface area contributed by atoms with Crippen molar-refractivity contribution >= 4 is 27.6 Å². The van der Waals surface area contributed by atoms with E-state index >= 15 is 0 Å². The first-order valence-electron chi connectivity index (χ1n) is 4.27. The molecule has 0 unspecified atom stereocenters. The Morgan fingerprint density at radius 1 is 1.46 bits per heavy atom. The number of hydrogen-bond donors (Lipinski definition) is 0. The minimum Gasteiger partial charge on any atom is -0.550 e. The second-order valence-electron chi connectivity index (χ2n) is 2.95. The Labute approximate surface area is 99.2 Å². The van der Waals surface area contributed by atoms with E-state index in [0.717, 1.165) is 18.1 Å². The molecule has 1 fully saturated rings. The van der Waals surface area contributed by atoms with E-state index in [-0.39, 0.29) is 25.3 Å². The molecule has 1 aliphatic rings. The molecule has 2 nitrogen and oxygen atoms in total. The van der Waals surface area contributed by atoms with Gasteiger partial charge in [-0.15, -0.1) is 0 Å². The number of carbonyl (C=O) groups excluding carboxylic acids is 1. The van der Waals surface area contributed by atoms with Crippen molar-refractivity contribution in [3.05, 3.63) is 0 Å². The molecule has 5 heteroatoms. The van der Waals surface area contributed by atoms with E-state index in [0.29, 0.717) is 0 Å². The molecule has 13 heavy (non-hydrogen) atoms. The molecule has 0 saturated carbocycles. The fourth-order valence-electron chi connectivity index (χ4n) is 1.21. The first-order chi connectivity index (χ1) is 5.79. The smallest absolute Gasteiger partial charge is 0.550 e. The fraction of sp³-hybridized carbons (Fsp3) is 0.875. The molecule has 0 spiro atoms. The van der Waals surface area contributed by atoms with E-state index < -0.39 is 5.97 Å². The Hall–Kier alpha value is 0.767. The molecule has 0 aromatic heterocycles. The molecule has 1 rings (SSSR count). The van der Waals surface area contributed by atoms with Crippen molar-refractivity contribution in [2.45, 2.75) is 37.4 Å².